The molecule has 0 unspecified atom stereocenters. The third-order valence-corrected chi connectivity index (χ3v) is 4.69. The molecule has 1 aliphatic heterocycles. The molecule has 5 heteroatoms. The van der Waals surface area contributed by atoms with Crippen LogP contribution in [0.25, 0.3) is 11.1 Å². The predicted octanol–water partition coefficient (Wildman–Crippen LogP) is 2.76. The lowest BCUT2D eigenvalue weighted by atomic mass is 10.1. The summed E-state index contributed by atoms with van der Waals surface area (Å²) >= 11 is 0. The monoisotopic (exact) mass is 323 g/mol. The lowest BCUT2D eigenvalue weighted by molar-refractivity contribution is 0.0633. The number of benzene rings is 1. The van der Waals surface area contributed by atoms with Gasteiger partial charge in [-0.25, -0.2) is 0 Å². The van der Waals surface area contributed by atoms with Crippen LogP contribution in [0.3, 0.4) is 0 Å². The van der Waals surface area contributed by atoms with Gasteiger partial charge in [-0.15, -0.1) is 0 Å². The number of rotatable bonds is 4. The second kappa shape index (κ2) is 6.53. The number of nitrogens with zero attached hydrogens (tertiary/aromatic N) is 2. The number of carbonyl (C=O) groups is 1. The number of aromatic amines is 1. The predicted molar refractivity (Wildman–Crippen MR) is 93.1 cm³/mol. The summed E-state index contributed by atoms with van der Waals surface area (Å²) in [5.74, 6) is 0.0594. The lowest BCUT2D eigenvalue weighted by Gasteiger charge is -2.34. The Hall–Kier alpha value is -2.53. The lowest BCUT2D eigenvalue weighted by Crippen LogP contribution is -2.49. The largest absolute Gasteiger partial charge is 0.463 e. The van der Waals surface area contributed by atoms with E-state index in [1.807, 2.05) is 17.0 Å². The highest BCUT2D eigenvalue weighted by Crippen LogP contribution is 2.18. The van der Waals surface area contributed by atoms with E-state index in [1.165, 1.54) is 5.56 Å². The highest BCUT2D eigenvalue weighted by Gasteiger charge is 2.23. The zero-order chi connectivity index (χ0) is 16.4. The molecule has 4 rings (SSSR count). The van der Waals surface area contributed by atoms with Gasteiger partial charge in [0.15, 0.2) is 5.58 Å². The van der Waals surface area contributed by atoms with Gasteiger partial charge >= 0.3 is 0 Å². The van der Waals surface area contributed by atoms with Crippen LogP contribution in [-0.4, -0.2) is 53.4 Å². The van der Waals surface area contributed by atoms with Gasteiger partial charge in [0.05, 0.1) is 11.8 Å². The Bertz CT molecular complexity index is 785. The number of amides is 1. The Morgan fingerprint density at radius 3 is 2.62 bits per heavy atom. The second-order valence-corrected chi connectivity index (χ2v) is 6.25. The molecular weight excluding hydrogens is 302 g/mol. The van der Waals surface area contributed by atoms with Crippen LogP contribution in [0.15, 0.2) is 53.1 Å². The summed E-state index contributed by atoms with van der Waals surface area (Å²) in [6.07, 6.45) is 2.68. The van der Waals surface area contributed by atoms with E-state index in [1.54, 1.807) is 12.3 Å². The minimum Gasteiger partial charge on any atom is -0.463 e. The number of furan rings is 1. The van der Waals surface area contributed by atoms with Crippen LogP contribution in [0.4, 0.5) is 0 Å². The molecule has 0 saturated carbocycles. The molecule has 0 atom stereocenters. The SMILES string of the molecule is O=C(c1cc2occc2[nH]1)N1CCN(CCc2ccccc2)CC1. The summed E-state index contributed by atoms with van der Waals surface area (Å²) in [4.78, 5) is 20.1. The maximum absolute atomic E-state index is 12.6. The van der Waals surface area contributed by atoms with Gasteiger partial charge in [0.1, 0.15) is 5.69 Å². The van der Waals surface area contributed by atoms with E-state index in [4.69, 9.17) is 4.42 Å². The first-order valence-corrected chi connectivity index (χ1v) is 8.41. The van der Waals surface area contributed by atoms with E-state index >= 15 is 0 Å². The van der Waals surface area contributed by atoms with Gasteiger partial charge < -0.3 is 14.3 Å². The Morgan fingerprint density at radius 2 is 1.88 bits per heavy atom. The number of aromatic nitrogens is 1. The molecule has 1 N–H and O–H groups in total. The normalized spacial score (nSPS) is 15.9. The van der Waals surface area contributed by atoms with E-state index in [9.17, 15) is 4.79 Å². The number of piperazine rings is 1. The van der Waals surface area contributed by atoms with Gasteiger partial charge in [0, 0.05) is 44.9 Å². The van der Waals surface area contributed by atoms with E-state index < -0.39 is 0 Å². The van der Waals surface area contributed by atoms with Crippen molar-refractivity contribution in [3.05, 3.63) is 60.0 Å². The quantitative estimate of drug-likeness (QED) is 0.803. The van der Waals surface area contributed by atoms with Gasteiger partial charge in [-0.05, 0) is 12.0 Å². The van der Waals surface area contributed by atoms with Crippen LogP contribution in [0.2, 0.25) is 0 Å². The average molecular weight is 323 g/mol. The Balaban J connectivity index is 1.30. The first-order chi connectivity index (χ1) is 11.8. The minimum absolute atomic E-state index is 0.0594. The maximum atomic E-state index is 12.6. The number of hydrogen-bond donors (Lipinski definition) is 1. The fourth-order valence-corrected chi connectivity index (χ4v) is 3.24. The number of fused-ring (bicyclic) bond motifs is 1. The van der Waals surface area contributed by atoms with Crippen LogP contribution < -0.4 is 0 Å². The second-order valence-electron chi connectivity index (χ2n) is 6.25. The molecule has 1 saturated heterocycles. The zero-order valence-corrected chi connectivity index (χ0v) is 13.6. The van der Waals surface area contributed by atoms with Crippen molar-refractivity contribution in [2.75, 3.05) is 32.7 Å². The summed E-state index contributed by atoms with van der Waals surface area (Å²) in [6.45, 7) is 4.44. The molecule has 0 bridgehead atoms. The molecule has 1 aromatic carbocycles. The molecule has 5 nitrogen and oxygen atoms in total. The van der Waals surface area contributed by atoms with Gasteiger partial charge in [-0.3, -0.25) is 9.69 Å². The van der Waals surface area contributed by atoms with E-state index in [0.717, 1.165) is 50.2 Å². The standard InChI is InChI=1S/C19H21N3O2/c23-19(17-14-18-16(20-17)7-13-24-18)22-11-9-21(10-12-22)8-6-15-4-2-1-3-5-15/h1-5,7,13-14,20H,6,8-12H2. The van der Waals surface area contributed by atoms with Crippen LogP contribution in [0, 0.1) is 0 Å². The molecule has 0 aliphatic carbocycles. The summed E-state index contributed by atoms with van der Waals surface area (Å²) in [6, 6.07) is 14.2. The van der Waals surface area contributed by atoms with Crippen molar-refractivity contribution < 1.29 is 9.21 Å². The number of H-pyrrole nitrogens is 1. The first kappa shape index (κ1) is 15.0. The fraction of sp³-hybridized carbons (Fsp3) is 0.316. The molecule has 3 aromatic rings. The summed E-state index contributed by atoms with van der Waals surface area (Å²) in [5, 5.41) is 0. The highest BCUT2D eigenvalue weighted by molar-refractivity contribution is 5.96. The van der Waals surface area contributed by atoms with Crippen molar-refractivity contribution in [3.8, 4) is 0 Å². The van der Waals surface area contributed by atoms with Crippen molar-refractivity contribution in [2.24, 2.45) is 0 Å². The molecule has 1 amide bonds. The van der Waals surface area contributed by atoms with Gasteiger partial charge in [0.25, 0.3) is 5.91 Å². The Morgan fingerprint density at radius 1 is 1.08 bits per heavy atom. The Labute approximate surface area is 140 Å². The van der Waals surface area contributed by atoms with Gasteiger partial charge in [-0.1, -0.05) is 30.3 Å². The number of nitrogens with one attached hydrogen (secondary N) is 1. The topological polar surface area (TPSA) is 52.5 Å². The third-order valence-electron chi connectivity index (χ3n) is 4.69. The number of hydrogen-bond acceptors (Lipinski definition) is 3. The summed E-state index contributed by atoms with van der Waals surface area (Å²) in [7, 11) is 0. The van der Waals surface area contributed by atoms with Crippen LogP contribution in [-0.2, 0) is 6.42 Å². The number of carbonyl (C=O) groups excluding carboxylic acids is 1. The van der Waals surface area contributed by atoms with Crippen molar-refractivity contribution in [2.45, 2.75) is 6.42 Å². The average Bonchev–Trinajstić information content (AvgIpc) is 3.23. The molecule has 1 fully saturated rings. The van der Waals surface area contributed by atoms with E-state index in [0.29, 0.717) is 5.69 Å². The molecule has 3 heterocycles. The van der Waals surface area contributed by atoms with Gasteiger partial charge in [0.2, 0.25) is 0 Å². The minimum atomic E-state index is 0.0594. The molecule has 0 radical (unpaired) electrons. The molecule has 24 heavy (non-hydrogen) atoms. The Kier molecular flexibility index (Phi) is 4.09. The van der Waals surface area contributed by atoms with Crippen molar-refractivity contribution in [3.63, 3.8) is 0 Å². The van der Waals surface area contributed by atoms with Gasteiger partial charge in [-0.2, -0.15) is 0 Å². The molecule has 0 spiro atoms. The third kappa shape index (κ3) is 3.08. The zero-order valence-electron chi connectivity index (χ0n) is 13.6. The van der Waals surface area contributed by atoms with Crippen LogP contribution in [0.5, 0.6) is 0 Å². The van der Waals surface area contributed by atoms with Crippen LogP contribution >= 0.6 is 0 Å². The van der Waals surface area contributed by atoms with Crippen molar-refractivity contribution >= 4 is 17.0 Å². The van der Waals surface area contributed by atoms with Crippen molar-refractivity contribution in [1.29, 1.82) is 0 Å². The maximum Gasteiger partial charge on any atom is 0.270 e. The fourth-order valence-electron chi connectivity index (χ4n) is 3.24. The van der Waals surface area contributed by atoms with Crippen LogP contribution in [0.1, 0.15) is 16.1 Å². The summed E-state index contributed by atoms with van der Waals surface area (Å²) < 4.78 is 5.32. The molecule has 1 aliphatic rings. The molecule has 124 valence electrons. The molecule has 2 aromatic heterocycles. The van der Waals surface area contributed by atoms with Crippen molar-refractivity contribution in [1.82, 2.24) is 14.8 Å². The first-order valence-electron chi connectivity index (χ1n) is 8.41. The highest BCUT2D eigenvalue weighted by atomic mass is 16.3. The molecular formula is C19H21N3O2. The van der Waals surface area contributed by atoms with E-state index in [-0.39, 0.29) is 5.91 Å². The van der Waals surface area contributed by atoms with E-state index in [2.05, 4.69) is 34.1 Å². The summed E-state index contributed by atoms with van der Waals surface area (Å²) in [5.41, 5.74) is 3.59. The smallest absolute Gasteiger partial charge is 0.270 e.